The van der Waals surface area contributed by atoms with Crippen LogP contribution >= 0.6 is 11.3 Å². The number of hydrogen-bond acceptors (Lipinski definition) is 5. The molecule has 0 saturated heterocycles. The van der Waals surface area contributed by atoms with Crippen molar-refractivity contribution in [2.75, 3.05) is 13.7 Å². The van der Waals surface area contributed by atoms with Crippen molar-refractivity contribution in [1.82, 2.24) is 9.88 Å². The summed E-state index contributed by atoms with van der Waals surface area (Å²) in [5.74, 6) is 0.829. The molecule has 0 radical (unpaired) electrons. The number of amides is 1. The van der Waals surface area contributed by atoms with E-state index in [-0.39, 0.29) is 18.6 Å². The van der Waals surface area contributed by atoms with Gasteiger partial charge in [-0.25, -0.2) is 4.98 Å². The lowest BCUT2D eigenvalue weighted by molar-refractivity contribution is -0.138. The maximum atomic E-state index is 12.2. The summed E-state index contributed by atoms with van der Waals surface area (Å²) in [5, 5.41) is 2.89. The van der Waals surface area contributed by atoms with Crippen LogP contribution < -0.4 is 4.74 Å². The molecule has 0 bridgehead atoms. The van der Waals surface area contributed by atoms with Crippen molar-refractivity contribution in [2.45, 2.75) is 46.4 Å². The highest BCUT2D eigenvalue weighted by atomic mass is 32.1. The molecule has 25 heavy (non-hydrogen) atoms. The second kappa shape index (κ2) is 9.53. The summed E-state index contributed by atoms with van der Waals surface area (Å²) in [6, 6.07) is 8.10. The van der Waals surface area contributed by atoms with Crippen LogP contribution in [0.1, 0.15) is 36.5 Å². The Balaban J connectivity index is 1.97. The molecular weight excluding hydrogens is 336 g/mol. The molecular formula is C19H26N2O3S. The number of ether oxygens (including phenoxy) is 2. The molecule has 1 atom stereocenters. The third-order valence-corrected chi connectivity index (χ3v) is 4.87. The highest BCUT2D eigenvalue weighted by Gasteiger charge is 2.20. The lowest BCUT2D eigenvalue weighted by atomic mass is 10.2. The summed E-state index contributed by atoms with van der Waals surface area (Å²) in [4.78, 5) is 18.7. The molecule has 1 heterocycles. The Labute approximate surface area is 153 Å². The lowest BCUT2D eigenvalue weighted by Gasteiger charge is -2.27. The van der Waals surface area contributed by atoms with Crippen LogP contribution in [0.5, 0.6) is 5.75 Å². The van der Waals surface area contributed by atoms with Gasteiger partial charge in [0.15, 0.2) is 0 Å². The number of carbonyl (C=O) groups excluding carboxylic acids is 1. The standard InChI is InChI=1S/C19H26N2O3S/c1-5-15(3)21(19(22)12-23-4)10-16-13-25-18(20-16)11-24-17-8-6-7-14(2)9-17/h6-9,13,15H,5,10-12H2,1-4H3/t15-/m1/s1. The number of hydrogen-bond donors (Lipinski definition) is 0. The van der Waals surface area contributed by atoms with E-state index in [0.29, 0.717) is 13.2 Å². The normalized spacial score (nSPS) is 12.0. The number of benzene rings is 1. The SMILES string of the molecule is CC[C@@H](C)N(Cc1csc(COc2cccc(C)c2)n1)C(=O)COC. The number of rotatable bonds is 9. The highest BCUT2D eigenvalue weighted by Crippen LogP contribution is 2.18. The average molecular weight is 362 g/mol. The second-order valence-corrected chi connectivity index (χ2v) is 6.99. The van der Waals surface area contributed by atoms with Gasteiger partial charge in [-0.2, -0.15) is 0 Å². The fourth-order valence-corrected chi connectivity index (χ4v) is 3.13. The van der Waals surface area contributed by atoms with Crippen LogP contribution in [0.25, 0.3) is 0 Å². The molecule has 0 saturated carbocycles. The largest absolute Gasteiger partial charge is 0.486 e. The van der Waals surface area contributed by atoms with Gasteiger partial charge in [0.05, 0.1) is 12.2 Å². The average Bonchev–Trinajstić information content (AvgIpc) is 3.05. The monoisotopic (exact) mass is 362 g/mol. The van der Waals surface area contributed by atoms with Gasteiger partial charge in [-0.15, -0.1) is 11.3 Å². The van der Waals surface area contributed by atoms with E-state index >= 15 is 0 Å². The van der Waals surface area contributed by atoms with Crippen LogP contribution in [0.4, 0.5) is 0 Å². The van der Waals surface area contributed by atoms with Gasteiger partial charge in [-0.05, 0) is 38.0 Å². The quantitative estimate of drug-likeness (QED) is 0.681. The van der Waals surface area contributed by atoms with Crippen LogP contribution in [0, 0.1) is 6.92 Å². The Morgan fingerprint density at radius 3 is 2.88 bits per heavy atom. The second-order valence-electron chi connectivity index (χ2n) is 6.05. The number of aromatic nitrogens is 1. The van der Waals surface area contributed by atoms with E-state index in [2.05, 4.69) is 11.9 Å². The summed E-state index contributed by atoms with van der Waals surface area (Å²) >= 11 is 1.55. The molecule has 2 aromatic rings. The third-order valence-electron chi connectivity index (χ3n) is 3.99. The van der Waals surface area contributed by atoms with Crippen molar-refractivity contribution in [3.63, 3.8) is 0 Å². The molecule has 136 valence electrons. The summed E-state index contributed by atoms with van der Waals surface area (Å²) in [5.41, 5.74) is 2.05. The van der Waals surface area contributed by atoms with Crippen LogP contribution in [-0.4, -0.2) is 35.5 Å². The van der Waals surface area contributed by atoms with E-state index in [1.807, 2.05) is 48.4 Å². The first-order valence-electron chi connectivity index (χ1n) is 8.44. The minimum absolute atomic E-state index is 0.0117. The first-order chi connectivity index (χ1) is 12.0. The van der Waals surface area contributed by atoms with Gasteiger partial charge in [-0.1, -0.05) is 19.1 Å². The van der Waals surface area contributed by atoms with Gasteiger partial charge < -0.3 is 14.4 Å². The van der Waals surface area contributed by atoms with Gasteiger partial charge >= 0.3 is 0 Å². The Bertz CT molecular complexity index is 687. The van der Waals surface area contributed by atoms with E-state index in [4.69, 9.17) is 9.47 Å². The molecule has 2 rings (SSSR count). The van der Waals surface area contributed by atoms with Crippen molar-refractivity contribution in [3.8, 4) is 5.75 Å². The van der Waals surface area contributed by atoms with E-state index in [1.165, 1.54) is 7.11 Å². The molecule has 0 unspecified atom stereocenters. The predicted octanol–water partition coefficient (Wildman–Crippen LogP) is 3.80. The van der Waals surface area contributed by atoms with Crippen molar-refractivity contribution < 1.29 is 14.3 Å². The molecule has 0 aliphatic heterocycles. The summed E-state index contributed by atoms with van der Waals surface area (Å²) < 4.78 is 10.8. The first kappa shape index (κ1) is 19.4. The first-order valence-corrected chi connectivity index (χ1v) is 9.32. The lowest BCUT2D eigenvalue weighted by Crippen LogP contribution is -2.39. The number of aryl methyl sites for hydroxylation is 1. The number of carbonyl (C=O) groups is 1. The fraction of sp³-hybridized carbons (Fsp3) is 0.474. The van der Waals surface area contributed by atoms with Crippen molar-refractivity contribution >= 4 is 17.2 Å². The highest BCUT2D eigenvalue weighted by molar-refractivity contribution is 7.09. The molecule has 6 heteroatoms. The van der Waals surface area contributed by atoms with Crippen molar-refractivity contribution in [2.24, 2.45) is 0 Å². The number of methoxy groups -OCH3 is 1. The van der Waals surface area contributed by atoms with Gasteiger partial charge in [0.1, 0.15) is 24.0 Å². The van der Waals surface area contributed by atoms with E-state index < -0.39 is 0 Å². The third kappa shape index (κ3) is 5.83. The van der Waals surface area contributed by atoms with Crippen LogP contribution in [-0.2, 0) is 22.7 Å². The summed E-state index contributed by atoms with van der Waals surface area (Å²) in [6.07, 6.45) is 0.892. The molecule has 0 fully saturated rings. The predicted molar refractivity (Wildman–Crippen MR) is 99.8 cm³/mol. The van der Waals surface area contributed by atoms with E-state index in [0.717, 1.165) is 28.4 Å². The van der Waals surface area contributed by atoms with Crippen LogP contribution in [0.15, 0.2) is 29.6 Å². The van der Waals surface area contributed by atoms with Gasteiger partial charge in [0.25, 0.3) is 0 Å². The maximum Gasteiger partial charge on any atom is 0.249 e. The molecule has 5 nitrogen and oxygen atoms in total. The summed E-state index contributed by atoms with van der Waals surface area (Å²) in [6.45, 7) is 7.18. The zero-order valence-corrected chi connectivity index (χ0v) is 16.1. The Morgan fingerprint density at radius 2 is 2.20 bits per heavy atom. The molecule has 1 aromatic carbocycles. The van der Waals surface area contributed by atoms with Gasteiger partial charge in [0, 0.05) is 18.5 Å². The minimum atomic E-state index is -0.0117. The van der Waals surface area contributed by atoms with Gasteiger partial charge in [-0.3, -0.25) is 4.79 Å². The Hall–Kier alpha value is -1.92. The number of thiazole rings is 1. The van der Waals surface area contributed by atoms with E-state index in [1.54, 1.807) is 11.3 Å². The zero-order valence-electron chi connectivity index (χ0n) is 15.3. The number of nitrogens with zero attached hydrogens (tertiary/aromatic N) is 2. The van der Waals surface area contributed by atoms with Crippen LogP contribution in [0.2, 0.25) is 0 Å². The zero-order chi connectivity index (χ0) is 18.2. The molecule has 0 aliphatic rings. The smallest absolute Gasteiger partial charge is 0.249 e. The van der Waals surface area contributed by atoms with Crippen molar-refractivity contribution in [3.05, 3.63) is 45.9 Å². The minimum Gasteiger partial charge on any atom is -0.486 e. The molecule has 1 amide bonds. The maximum absolute atomic E-state index is 12.2. The molecule has 0 N–H and O–H groups in total. The molecule has 0 aliphatic carbocycles. The van der Waals surface area contributed by atoms with Crippen molar-refractivity contribution in [1.29, 1.82) is 0 Å². The van der Waals surface area contributed by atoms with E-state index in [9.17, 15) is 4.79 Å². The fourth-order valence-electron chi connectivity index (χ4n) is 2.43. The Kier molecular flexibility index (Phi) is 7.40. The molecule has 1 aromatic heterocycles. The molecule has 0 spiro atoms. The Morgan fingerprint density at radius 1 is 1.40 bits per heavy atom. The van der Waals surface area contributed by atoms with Gasteiger partial charge in [0.2, 0.25) is 5.91 Å². The van der Waals surface area contributed by atoms with Crippen LogP contribution in [0.3, 0.4) is 0 Å². The summed E-state index contributed by atoms with van der Waals surface area (Å²) in [7, 11) is 1.54. The topological polar surface area (TPSA) is 51.7 Å².